The van der Waals surface area contributed by atoms with Crippen molar-refractivity contribution in [3.05, 3.63) is 29.6 Å². The van der Waals surface area contributed by atoms with Crippen LogP contribution in [0.1, 0.15) is 53.5 Å². The summed E-state index contributed by atoms with van der Waals surface area (Å²) in [5.41, 5.74) is 0.778. The number of amides is 1. The molecule has 1 aromatic carbocycles. The second-order valence-corrected chi connectivity index (χ2v) is 5.17. The first-order chi connectivity index (χ1) is 9.50. The van der Waals surface area contributed by atoms with Crippen molar-refractivity contribution in [2.75, 3.05) is 11.4 Å². The van der Waals surface area contributed by atoms with E-state index in [4.69, 9.17) is 0 Å². The first-order valence-electron chi connectivity index (χ1n) is 7.61. The topological polar surface area (TPSA) is 20.3 Å². The molecule has 112 valence electrons. The lowest BCUT2D eigenvalue weighted by Crippen LogP contribution is -2.43. The van der Waals surface area contributed by atoms with Gasteiger partial charge in [0.15, 0.2) is 0 Å². The van der Waals surface area contributed by atoms with Gasteiger partial charge in [0.2, 0.25) is 5.91 Å². The van der Waals surface area contributed by atoms with Gasteiger partial charge in [0, 0.05) is 6.54 Å². The molecule has 0 bridgehead atoms. The molecule has 0 saturated heterocycles. The van der Waals surface area contributed by atoms with Gasteiger partial charge in [0.1, 0.15) is 5.82 Å². The number of anilines is 1. The van der Waals surface area contributed by atoms with Crippen molar-refractivity contribution in [1.82, 2.24) is 0 Å². The van der Waals surface area contributed by atoms with Crippen LogP contribution in [0.3, 0.4) is 0 Å². The van der Waals surface area contributed by atoms with Gasteiger partial charge in [-0.1, -0.05) is 46.8 Å². The fourth-order valence-corrected chi connectivity index (χ4v) is 3.22. The second kappa shape index (κ2) is 6.38. The molecule has 0 aliphatic carbocycles. The van der Waals surface area contributed by atoms with Crippen molar-refractivity contribution in [2.45, 2.75) is 53.4 Å². The number of carbonyl (C=O) groups excluding carboxylic acids is 1. The van der Waals surface area contributed by atoms with E-state index in [1.54, 1.807) is 11.0 Å². The molecule has 0 spiro atoms. The molecule has 1 atom stereocenters. The monoisotopic (exact) mass is 279 g/mol. The third-order valence-corrected chi connectivity index (χ3v) is 4.22. The number of fused-ring (bicyclic) bond motifs is 1. The Balaban J connectivity index is 0.000000956. The Hall–Kier alpha value is -1.38. The van der Waals surface area contributed by atoms with E-state index < -0.39 is 5.41 Å². The highest BCUT2D eigenvalue weighted by Gasteiger charge is 2.51. The highest BCUT2D eigenvalue weighted by molar-refractivity contribution is 6.08. The molecule has 1 unspecified atom stereocenters. The van der Waals surface area contributed by atoms with Crippen molar-refractivity contribution in [1.29, 1.82) is 0 Å². The van der Waals surface area contributed by atoms with Crippen molar-refractivity contribution in [3.8, 4) is 0 Å². The first kappa shape index (κ1) is 16.7. The summed E-state index contributed by atoms with van der Waals surface area (Å²) < 4.78 is 14.1. The third kappa shape index (κ3) is 2.13. The number of halogens is 1. The van der Waals surface area contributed by atoms with Crippen LogP contribution in [0.15, 0.2) is 18.2 Å². The Kier molecular flexibility index (Phi) is 5.32. The van der Waals surface area contributed by atoms with E-state index >= 15 is 0 Å². The number of carbonyl (C=O) groups is 1. The normalized spacial score (nSPS) is 20.8. The number of benzene rings is 1. The molecule has 2 nitrogen and oxygen atoms in total. The van der Waals surface area contributed by atoms with E-state index in [0.717, 1.165) is 5.56 Å². The molecule has 2 rings (SSSR count). The molecule has 0 radical (unpaired) electrons. The smallest absolute Gasteiger partial charge is 0.238 e. The Morgan fingerprint density at radius 3 is 2.30 bits per heavy atom. The maximum atomic E-state index is 14.1. The lowest BCUT2D eigenvalue weighted by molar-refractivity contribution is -0.124. The lowest BCUT2D eigenvalue weighted by atomic mass is 9.70. The Bertz CT molecular complexity index is 484. The molecule has 20 heavy (non-hydrogen) atoms. The quantitative estimate of drug-likeness (QED) is 0.796. The molecule has 1 aromatic rings. The third-order valence-electron chi connectivity index (χ3n) is 4.22. The van der Waals surface area contributed by atoms with E-state index in [0.29, 0.717) is 18.7 Å². The zero-order valence-electron chi connectivity index (χ0n) is 13.5. The van der Waals surface area contributed by atoms with Crippen LogP contribution in [0.4, 0.5) is 10.1 Å². The van der Waals surface area contributed by atoms with Gasteiger partial charge in [0.05, 0.1) is 11.1 Å². The van der Waals surface area contributed by atoms with Crippen LogP contribution in [0.5, 0.6) is 0 Å². The Morgan fingerprint density at radius 2 is 1.85 bits per heavy atom. The molecular formula is C17H26FNO. The van der Waals surface area contributed by atoms with E-state index in [9.17, 15) is 9.18 Å². The summed E-state index contributed by atoms with van der Waals surface area (Å²) >= 11 is 0. The van der Waals surface area contributed by atoms with Crippen LogP contribution in [0.25, 0.3) is 0 Å². The van der Waals surface area contributed by atoms with E-state index in [1.807, 2.05) is 47.6 Å². The average Bonchev–Trinajstić information content (AvgIpc) is 2.71. The van der Waals surface area contributed by atoms with Gasteiger partial charge in [-0.2, -0.15) is 0 Å². The molecular weight excluding hydrogens is 253 g/mol. The van der Waals surface area contributed by atoms with Gasteiger partial charge in [-0.25, -0.2) is 4.39 Å². The van der Waals surface area contributed by atoms with Gasteiger partial charge < -0.3 is 4.90 Å². The summed E-state index contributed by atoms with van der Waals surface area (Å²) in [4.78, 5) is 14.3. The van der Waals surface area contributed by atoms with E-state index in [-0.39, 0.29) is 17.6 Å². The highest BCUT2D eigenvalue weighted by Crippen LogP contribution is 2.49. The zero-order valence-corrected chi connectivity index (χ0v) is 13.5. The summed E-state index contributed by atoms with van der Waals surface area (Å²) in [7, 11) is 0. The minimum absolute atomic E-state index is 0.0441. The van der Waals surface area contributed by atoms with E-state index in [2.05, 4.69) is 0 Å². The van der Waals surface area contributed by atoms with Crippen LogP contribution < -0.4 is 4.90 Å². The summed E-state index contributed by atoms with van der Waals surface area (Å²) in [6.07, 6.45) is 0.705. The van der Waals surface area contributed by atoms with Crippen LogP contribution >= 0.6 is 0 Å². The molecule has 1 aliphatic rings. The molecule has 3 heteroatoms. The molecule has 0 aromatic heterocycles. The maximum absolute atomic E-state index is 14.1. The van der Waals surface area contributed by atoms with Gasteiger partial charge >= 0.3 is 0 Å². The van der Waals surface area contributed by atoms with E-state index in [1.165, 1.54) is 6.07 Å². The summed E-state index contributed by atoms with van der Waals surface area (Å²) in [6.45, 7) is 12.5. The molecule has 1 aliphatic heterocycles. The number of para-hydroxylation sites is 1. The zero-order chi connectivity index (χ0) is 15.5. The van der Waals surface area contributed by atoms with Crippen LogP contribution in [-0.4, -0.2) is 12.5 Å². The second-order valence-electron chi connectivity index (χ2n) is 5.17. The van der Waals surface area contributed by atoms with Crippen molar-refractivity contribution in [3.63, 3.8) is 0 Å². The number of hydrogen-bond donors (Lipinski definition) is 0. The maximum Gasteiger partial charge on any atom is 0.238 e. The lowest BCUT2D eigenvalue weighted by Gasteiger charge is -2.31. The predicted octanol–water partition coefficient (Wildman–Crippen LogP) is 4.52. The molecule has 0 saturated carbocycles. The highest BCUT2D eigenvalue weighted by atomic mass is 19.1. The largest absolute Gasteiger partial charge is 0.309 e. The van der Waals surface area contributed by atoms with Gasteiger partial charge in [0.25, 0.3) is 0 Å². The van der Waals surface area contributed by atoms with Crippen molar-refractivity contribution < 1.29 is 9.18 Å². The van der Waals surface area contributed by atoms with Gasteiger partial charge in [-0.05, 0) is 30.9 Å². The fraction of sp³-hybridized carbons (Fsp3) is 0.588. The summed E-state index contributed by atoms with van der Waals surface area (Å²) in [5, 5.41) is 0. The minimum Gasteiger partial charge on any atom is -0.309 e. The van der Waals surface area contributed by atoms with Crippen molar-refractivity contribution >= 4 is 11.6 Å². The minimum atomic E-state index is -0.562. The number of likely N-dealkylation sites (N-methyl/N-ethyl adjacent to an activating group) is 1. The molecule has 1 amide bonds. The number of hydrogen-bond acceptors (Lipinski definition) is 1. The first-order valence-corrected chi connectivity index (χ1v) is 7.61. The summed E-state index contributed by atoms with van der Waals surface area (Å²) in [5.74, 6) is -0.0895. The SMILES string of the molecule is CC.CCN1C(=O)C(CC)(C(C)C)c2cccc(F)c21. The molecule has 1 heterocycles. The van der Waals surface area contributed by atoms with Gasteiger partial charge in [-0.3, -0.25) is 4.79 Å². The average molecular weight is 279 g/mol. The standard InChI is InChI=1S/C15H20FNO.C2H6/c1-5-15(10(3)4)11-8-7-9-12(16)13(11)17(6-2)14(15)18;1-2/h7-10H,5-6H2,1-4H3;1-2H3. The Labute approximate surface area is 122 Å². The van der Waals surface area contributed by atoms with Crippen LogP contribution in [0, 0.1) is 11.7 Å². The van der Waals surface area contributed by atoms with Crippen molar-refractivity contribution in [2.24, 2.45) is 5.92 Å². The predicted molar refractivity (Wildman–Crippen MR) is 82.6 cm³/mol. The number of nitrogens with zero attached hydrogens (tertiary/aromatic N) is 1. The van der Waals surface area contributed by atoms with Gasteiger partial charge in [-0.15, -0.1) is 0 Å². The number of rotatable bonds is 3. The Morgan fingerprint density at radius 1 is 1.25 bits per heavy atom. The van der Waals surface area contributed by atoms with Crippen LogP contribution in [-0.2, 0) is 10.2 Å². The molecule has 0 N–H and O–H groups in total. The summed E-state index contributed by atoms with van der Waals surface area (Å²) in [6, 6.07) is 5.03. The molecule has 0 fully saturated rings. The van der Waals surface area contributed by atoms with Crippen LogP contribution in [0.2, 0.25) is 0 Å². The fourth-order valence-electron chi connectivity index (χ4n) is 3.22.